The topological polar surface area (TPSA) is 122 Å². The highest BCUT2D eigenvalue weighted by Crippen LogP contribution is 2.28. The number of hydrogen-bond donors (Lipinski definition) is 1. The van der Waals surface area contributed by atoms with Gasteiger partial charge in [0.2, 0.25) is 18.1 Å². The molecule has 0 bridgehead atoms. The minimum Gasteiger partial charge on any atom is -0.618 e. The molecule has 0 aliphatic heterocycles. The van der Waals surface area contributed by atoms with Gasteiger partial charge in [-0.15, -0.1) is 16.0 Å². The van der Waals surface area contributed by atoms with Crippen molar-refractivity contribution >= 4 is 23.2 Å². The molecule has 5 aromatic rings. The number of carbonyl (C=O) groups is 2. The molecule has 0 fully saturated rings. The number of aromatic nitrogens is 4. The normalized spacial score (nSPS) is 10.8. The van der Waals surface area contributed by atoms with Crippen molar-refractivity contribution in [2.75, 3.05) is 13.7 Å². The van der Waals surface area contributed by atoms with E-state index in [-0.39, 0.29) is 24.7 Å². The van der Waals surface area contributed by atoms with Gasteiger partial charge in [-0.2, -0.15) is 9.41 Å². The lowest BCUT2D eigenvalue weighted by molar-refractivity contribution is -0.753. The van der Waals surface area contributed by atoms with Gasteiger partial charge < -0.3 is 24.7 Å². The van der Waals surface area contributed by atoms with Crippen LogP contribution in [-0.4, -0.2) is 35.2 Å². The molecule has 0 radical (unpaired) electrons. The maximum absolute atomic E-state index is 13.0. The van der Waals surface area contributed by atoms with Gasteiger partial charge in [-0.05, 0) is 17.5 Å². The first kappa shape index (κ1) is 30.2. The molecule has 0 aliphatic carbocycles. The minimum atomic E-state index is -0.519. The summed E-state index contributed by atoms with van der Waals surface area (Å²) in [5.74, 6) is -0.399. The van der Waals surface area contributed by atoms with Crippen LogP contribution in [0, 0.1) is 5.21 Å². The summed E-state index contributed by atoms with van der Waals surface area (Å²) in [5.41, 5.74) is 2.63. The summed E-state index contributed by atoms with van der Waals surface area (Å²) in [6.07, 6.45) is 7.17. The van der Waals surface area contributed by atoms with E-state index >= 15 is 0 Å². The summed E-state index contributed by atoms with van der Waals surface area (Å²) in [6, 6.07) is 20.6. The number of hydrogen-bond acceptors (Lipinski definition) is 8. The van der Waals surface area contributed by atoms with Crippen molar-refractivity contribution in [2.45, 2.75) is 26.2 Å². The number of ether oxygens (including phenoxy) is 3. The number of benzene rings is 2. The molecular weight excluding hydrogens is 582 g/mol. The van der Waals surface area contributed by atoms with Crippen LogP contribution in [-0.2, 0) is 31.5 Å². The van der Waals surface area contributed by atoms with Crippen LogP contribution >= 0.6 is 11.3 Å². The van der Waals surface area contributed by atoms with Crippen LogP contribution in [0.15, 0.2) is 91.5 Å². The largest absolute Gasteiger partial charge is 0.618 e. The van der Waals surface area contributed by atoms with Crippen LogP contribution in [0.4, 0.5) is 0 Å². The highest BCUT2D eigenvalue weighted by Gasteiger charge is 2.23. The second kappa shape index (κ2) is 14.3. The molecule has 3 heterocycles. The van der Waals surface area contributed by atoms with Gasteiger partial charge in [-0.1, -0.05) is 60.7 Å². The Bertz CT molecular complexity index is 1720. The Morgan fingerprint density at radius 3 is 2.30 bits per heavy atom. The average Bonchev–Trinajstić information content (AvgIpc) is 3.69. The Kier molecular flexibility index (Phi) is 9.82. The van der Waals surface area contributed by atoms with E-state index in [1.807, 2.05) is 89.5 Å². The predicted octanol–water partition coefficient (Wildman–Crippen LogP) is 3.83. The highest BCUT2D eigenvalue weighted by molar-refractivity contribution is 7.16. The molecule has 226 valence electrons. The van der Waals surface area contributed by atoms with E-state index in [4.69, 9.17) is 14.2 Å². The van der Waals surface area contributed by atoms with E-state index in [2.05, 4.69) is 10.3 Å². The van der Waals surface area contributed by atoms with Crippen LogP contribution < -0.4 is 24.2 Å². The molecule has 3 aromatic heterocycles. The van der Waals surface area contributed by atoms with Gasteiger partial charge in [-0.25, -0.2) is 9.78 Å². The van der Waals surface area contributed by atoms with Gasteiger partial charge in [0.25, 0.3) is 5.69 Å². The molecule has 0 aliphatic rings. The maximum atomic E-state index is 13.0. The molecule has 0 saturated heterocycles. The summed E-state index contributed by atoms with van der Waals surface area (Å²) >= 11 is 1.26. The second-order valence-electron chi connectivity index (χ2n) is 9.84. The summed E-state index contributed by atoms with van der Waals surface area (Å²) < 4.78 is 21.1. The van der Waals surface area contributed by atoms with Crippen molar-refractivity contribution in [1.82, 2.24) is 15.0 Å². The molecule has 0 saturated carbocycles. The van der Waals surface area contributed by atoms with E-state index in [1.54, 1.807) is 0 Å². The number of amides is 1. The SMILES string of the molecule is COC(=O)c1cnc(-c2cn(CCCNC(=O)c3cc(OCc4ccccc4)c(OCc4ccccc4)c[n+]3[O-])[n+](C)c2)s1. The molecule has 1 N–H and O–H groups in total. The fourth-order valence-electron chi connectivity index (χ4n) is 4.39. The lowest BCUT2D eigenvalue weighted by Gasteiger charge is -2.14. The third-order valence-electron chi connectivity index (χ3n) is 6.70. The lowest BCUT2D eigenvalue weighted by Crippen LogP contribution is -2.41. The Morgan fingerprint density at radius 1 is 0.977 bits per heavy atom. The zero-order valence-electron chi connectivity index (χ0n) is 24.3. The number of nitrogens with zero attached hydrogens (tertiary/aromatic N) is 4. The maximum Gasteiger partial charge on any atom is 0.349 e. The number of carbonyl (C=O) groups excluding carboxylic acids is 2. The molecule has 5 rings (SSSR count). The Balaban J connectivity index is 1.22. The van der Waals surface area contributed by atoms with Gasteiger partial charge in [0.1, 0.15) is 23.1 Å². The quantitative estimate of drug-likeness (QED) is 0.0926. The van der Waals surface area contributed by atoms with E-state index < -0.39 is 11.9 Å². The summed E-state index contributed by atoms with van der Waals surface area (Å²) in [7, 11) is 3.23. The molecule has 2 aromatic carbocycles. The number of methoxy groups -OCH3 is 1. The average molecular weight is 615 g/mol. The van der Waals surface area contributed by atoms with Crippen LogP contribution in [0.3, 0.4) is 0 Å². The standard InChI is InChI=1S/C32H31N5O6S/c1-35-18-25(31-34-17-29(44-31)32(39)41-2)19-36(35)15-9-14-33-30(38)26-16-27(42-21-23-10-5-3-6-11-23)28(20-37(26)40)43-22-24-12-7-4-8-13-24/h3-8,10-13,16-20H,9,14-15,21-22H2,1-2H3/p+1. The summed E-state index contributed by atoms with van der Waals surface area (Å²) in [5, 5.41) is 16.4. The number of pyridine rings is 1. The van der Waals surface area contributed by atoms with Gasteiger partial charge in [0, 0.05) is 6.54 Å². The number of aryl methyl sites for hydroxylation is 2. The Hall–Kier alpha value is -5.23. The first-order valence-corrected chi connectivity index (χ1v) is 14.7. The number of thiazole rings is 1. The third kappa shape index (κ3) is 7.58. The number of esters is 1. The molecule has 0 spiro atoms. The molecule has 44 heavy (non-hydrogen) atoms. The van der Waals surface area contributed by atoms with Crippen LogP contribution in [0.1, 0.15) is 37.7 Å². The number of nitrogens with one attached hydrogen (secondary N) is 1. The first-order chi connectivity index (χ1) is 21.4. The monoisotopic (exact) mass is 614 g/mol. The molecule has 11 nitrogen and oxygen atoms in total. The third-order valence-corrected chi connectivity index (χ3v) is 7.72. The zero-order valence-corrected chi connectivity index (χ0v) is 25.2. The molecule has 1 amide bonds. The minimum absolute atomic E-state index is 0.0980. The number of rotatable bonds is 13. The zero-order chi connectivity index (χ0) is 30.9. The molecule has 12 heteroatoms. The summed E-state index contributed by atoms with van der Waals surface area (Å²) in [4.78, 5) is 29.6. The van der Waals surface area contributed by atoms with Gasteiger partial charge in [0.05, 0.1) is 37.7 Å². The molecule has 0 unspecified atom stereocenters. The van der Waals surface area contributed by atoms with E-state index in [0.29, 0.717) is 39.9 Å². The highest BCUT2D eigenvalue weighted by atomic mass is 32.1. The molecular formula is C32H32N5O6S+. The van der Waals surface area contributed by atoms with Crippen molar-refractivity contribution in [3.05, 3.63) is 118 Å². The van der Waals surface area contributed by atoms with Crippen molar-refractivity contribution in [2.24, 2.45) is 7.05 Å². The van der Waals surface area contributed by atoms with Crippen molar-refractivity contribution in [1.29, 1.82) is 0 Å². The van der Waals surface area contributed by atoms with Gasteiger partial charge in [0.15, 0.2) is 12.8 Å². The molecule has 0 atom stereocenters. The predicted molar refractivity (Wildman–Crippen MR) is 162 cm³/mol. The smallest absolute Gasteiger partial charge is 0.349 e. The van der Waals surface area contributed by atoms with E-state index in [9.17, 15) is 14.8 Å². The van der Waals surface area contributed by atoms with Crippen LogP contribution in [0.2, 0.25) is 0 Å². The second-order valence-corrected chi connectivity index (χ2v) is 10.9. The fourth-order valence-corrected chi connectivity index (χ4v) is 5.19. The van der Waals surface area contributed by atoms with Crippen LogP contribution in [0.25, 0.3) is 10.6 Å². The van der Waals surface area contributed by atoms with Gasteiger partial charge >= 0.3 is 11.9 Å². The van der Waals surface area contributed by atoms with E-state index in [0.717, 1.165) is 16.7 Å². The van der Waals surface area contributed by atoms with Crippen molar-refractivity contribution in [3.8, 4) is 22.1 Å². The Labute approximate surface area is 258 Å². The fraction of sp³-hybridized carbons (Fsp3) is 0.219. The van der Waals surface area contributed by atoms with Gasteiger partial charge in [-0.3, -0.25) is 4.79 Å². The van der Waals surface area contributed by atoms with Crippen LogP contribution in [0.5, 0.6) is 11.5 Å². The Morgan fingerprint density at radius 2 is 1.64 bits per heavy atom. The lowest BCUT2D eigenvalue weighted by atomic mass is 10.2. The van der Waals surface area contributed by atoms with Crippen molar-refractivity contribution in [3.63, 3.8) is 0 Å². The first-order valence-electron chi connectivity index (χ1n) is 13.9. The van der Waals surface area contributed by atoms with Crippen molar-refractivity contribution < 1.29 is 33.2 Å². The van der Waals surface area contributed by atoms with E-state index in [1.165, 1.54) is 36.9 Å². The summed E-state index contributed by atoms with van der Waals surface area (Å²) in [6.45, 7) is 1.42.